The van der Waals surface area contributed by atoms with Crippen LogP contribution in [0.2, 0.25) is 0 Å². The van der Waals surface area contributed by atoms with Crippen molar-refractivity contribution < 1.29 is 33.4 Å². The number of nitrogens with zero attached hydrogens (tertiary/aromatic N) is 4. The van der Waals surface area contributed by atoms with Gasteiger partial charge in [-0.3, -0.25) is 9.59 Å². The molecular weight excluding hydrogens is 777 g/mol. The molecule has 7 rings (SSSR count). The van der Waals surface area contributed by atoms with Crippen LogP contribution in [0.15, 0.2) is 133 Å². The van der Waals surface area contributed by atoms with E-state index in [1.807, 2.05) is 97.1 Å². The number of fused-ring (bicyclic) bond motifs is 2. The van der Waals surface area contributed by atoms with E-state index in [0.717, 1.165) is 21.9 Å². The maximum atomic E-state index is 13.9. The number of nitrogens with one attached hydrogen (secondary N) is 4. The molecule has 3 heterocycles. The van der Waals surface area contributed by atoms with Gasteiger partial charge in [0, 0.05) is 22.9 Å². The number of hydrogen-bond acceptors (Lipinski definition) is 11. The molecule has 6 aromatic rings. The van der Waals surface area contributed by atoms with Gasteiger partial charge in [-0.25, -0.2) is 19.6 Å². The second-order valence-electron chi connectivity index (χ2n) is 14.3. The van der Waals surface area contributed by atoms with Crippen molar-refractivity contribution in [2.45, 2.75) is 62.1 Å². The van der Waals surface area contributed by atoms with E-state index in [1.54, 1.807) is 36.4 Å². The molecule has 0 aliphatic carbocycles. The lowest BCUT2D eigenvalue weighted by Crippen LogP contribution is -2.54. The normalized spacial score (nSPS) is 16.0. The highest BCUT2D eigenvalue weighted by atomic mass is 16.6. The number of hydrogen-bond donors (Lipinski definition) is 4. The van der Waals surface area contributed by atoms with Gasteiger partial charge in [-0.15, -0.1) is 0 Å². The number of aromatic nitrogens is 2. The van der Waals surface area contributed by atoms with Crippen LogP contribution in [0.5, 0.6) is 11.8 Å². The molecule has 0 unspecified atom stereocenters. The minimum atomic E-state index is -1.30. The first-order chi connectivity index (χ1) is 29.8. The van der Waals surface area contributed by atoms with Crippen molar-refractivity contribution in [1.82, 2.24) is 31.2 Å². The number of amides is 4. The monoisotopic (exact) mass is 816 g/mol. The number of ether oxygens (including phenoxy) is 3. The highest BCUT2D eigenvalue weighted by Gasteiger charge is 2.51. The molecule has 61 heavy (non-hydrogen) atoms. The van der Waals surface area contributed by atoms with Gasteiger partial charge in [0.2, 0.25) is 23.6 Å². The summed E-state index contributed by atoms with van der Waals surface area (Å²) in [4.78, 5) is 62.4. The fourth-order valence-corrected chi connectivity index (χ4v) is 6.93. The highest BCUT2D eigenvalue weighted by molar-refractivity contribution is 5.88. The summed E-state index contributed by atoms with van der Waals surface area (Å²) in [6.07, 6.45) is -3.34. The minimum absolute atomic E-state index is 0.0148. The van der Waals surface area contributed by atoms with E-state index in [4.69, 9.17) is 14.2 Å². The molecule has 1 fully saturated rings. The third-order valence-corrected chi connectivity index (χ3v) is 9.96. The van der Waals surface area contributed by atoms with E-state index in [0.29, 0.717) is 23.9 Å². The molecule has 1 saturated heterocycles. The summed E-state index contributed by atoms with van der Waals surface area (Å²) in [6, 6.07) is 39.8. The Hall–Kier alpha value is -7.88. The predicted octanol–water partition coefficient (Wildman–Crippen LogP) is 5.45. The highest BCUT2D eigenvalue weighted by Crippen LogP contribution is 2.32. The number of benzene rings is 4. The maximum absolute atomic E-state index is 13.9. The molecule has 1 aliphatic rings. The van der Waals surface area contributed by atoms with Crippen molar-refractivity contribution in [3.05, 3.63) is 145 Å². The smallest absolute Gasteiger partial charge is 0.391 e. The van der Waals surface area contributed by atoms with Crippen LogP contribution < -0.4 is 30.7 Å². The lowest BCUT2D eigenvalue weighted by Gasteiger charge is -2.24. The maximum Gasteiger partial charge on any atom is 0.414 e. The molecule has 6 atom stereocenters. The zero-order valence-corrected chi connectivity index (χ0v) is 32.6. The molecule has 0 bridgehead atoms. The van der Waals surface area contributed by atoms with Gasteiger partial charge >= 0.3 is 12.2 Å². The van der Waals surface area contributed by atoms with Crippen LogP contribution in [0.3, 0.4) is 0 Å². The SMILES string of the molecule is N#CC[C@H](NC(=O)Oc1ccc2ccccc2n1)C(=O)N[C@@H](Cc1ccccc1)[C@@H]1O[C@@H]1[C@H](Cc1ccccc1)NC(=O)[C@H](CC#N)NC(=O)Oc1ccc2ccccc2n1. The van der Waals surface area contributed by atoms with Crippen LogP contribution in [-0.2, 0) is 27.2 Å². The lowest BCUT2D eigenvalue weighted by molar-refractivity contribution is -0.124. The summed E-state index contributed by atoms with van der Waals surface area (Å²) in [6.45, 7) is 0. The molecule has 4 aromatic carbocycles. The topological polar surface area (TPSA) is 221 Å². The fraction of sp³-hybridized carbons (Fsp3) is 0.217. The summed E-state index contributed by atoms with van der Waals surface area (Å²) in [5.74, 6) is -1.27. The molecule has 1 aliphatic heterocycles. The molecule has 2 aromatic heterocycles. The quantitative estimate of drug-likeness (QED) is 0.0900. The van der Waals surface area contributed by atoms with Crippen molar-refractivity contribution in [3.8, 4) is 23.9 Å². The Labute approximate surface area is 350 Å². The molecule has 0 radical (unpaired) electrons. The van der Waals surface area contributed by atoms with Crippen LogP contribution in [0.1, 0.15) is 24.0 Å². The van der Waals surface area contributed by atoms with Crippen molar-refractivity contribution >= 4 is 45.8 Å². The summed E-state index contributed by atoms with van der Waals surface area (Å²) in [7, 11) is 0. The third kappa shape index (κ3) is 11.2. The predicted molar refractivity (Wildman–Crippen MR) is 223 cm³/mol. The summed E-state index contributed by atoms with van der Waals surface area (Å²) in [5, 5.41) is 31.9. The van der Waals surface area contributed by atoms with Gasteiger partial charge in [0.25, 0.3) is 0 Å². The third-order valence-electron chi connectivity index (χ3n) is 9.96. The van der Waals surface area contributed by atoms with E-state index in [2.05, 4.69) is 31.2 Å². The Balaban J connectivity index is 1.05. The summed E-state index contributed by atoms with van der Waals surface area (Å²) < 4.78 is 17.0. The molecule has 4 N–H and O–H groups in total. The number of carbonyl (C=O) groups is 4. The van der Waals surface area contributed by atoms with E-state index in [-0.39, 0.29) is 24.6 Å². The van der Waals surface area contributed by atoms with Crippen LogP contribution in [0.25, 0.3) is 21.8 Å². The Kier molecular flexibility index (Phi) is 13.3. The summed E-state index contributed by atoms with van der Waals surface area (Å²) in [5.41, 5.74) is 2.96. The molecule has 15 nitrogen and oxygen atoms in total. The lowest BCUT2D eigenvalue weighted by atomic mass is 9.95. The van der Waals surface area contributed by atoms with Crippen LogP contribution in [0, 0.1) is 22.7 Å². The molecule has 15 heteroatoms. The van der Waals surface area contributed by atoms with Gasteiger partial charge in [-0.2, -0.15) is 10.5 Å². The Morgan fingerprint density at radius 1 is 0.541 bits per heavy atom. The zero-order valence-electron chi connectivity index (χ0n) is 32.6. The first-order valence-electron chi connectivity index (χ1n) is 19.5. The number of para-hydroxylation sites is 2. The van der Waals surface area contributed by atoms with Gasteiger partial charge in [-0.05, 0) is 48.2 Å². The minimum Gasteiger partial charge on any atom is -0.391 e. The van der Waals surface area contributed by atoms with Crippen molar-refractivity contribution in [3.63, 3.8) is 0 Å². The number of rotatable bonds is 16. The van der Waals surface area contributed by atoms with Crippen LogP contribution in [0.4, 0.5) is 9.59 Å². The van der Waals surface area contributed by atoms with E-state index >= 15 is 0 Å². The zero-order chi connectivity index (χ0) is 42.6. The van der Waals surface area contributed by atoms with Crippen LogP contribution >= 0.6 is 0 Å². The Morgan fingerprint density at radius 3 is 1.34 bits per heavy atom. The van der Waals surface area contributed by atoms with Crippen molar-refractivity contribution in [1.29, 1.82) is 10.5 Å². The van der Waals surface area contributed by atoms with Gasteiger partial charge in [0.05, 0.1) is 48.1 Å². The van der Waals surface area contributed by atoms with E-state index in [1.165, 1.54) is 12.1 Å². The molecule has 0 saturated carbocycles. The van der Waals surface area contributed by atoms with E-state index in [9.17, 15) is 29.7 Å². The van der Waals surface area contributed by atoms with Gasteiger partial charge in [0.15, 0.2) is 0 Å². The largest absolute Gasteiger partial charge is 0.414 e. The number of pyridine rings is 2. The van der Waals surface area contributed by atoms with Crippen molar-refractivity contribution in [2.24, 2.45) is 0 Å². The number of nitriles is 2. The van der Waals surface area contributed by atoms with Gasteiger partial charge < -0.3 is 35.5 Å². The molecule has 306 valence electrons. The van der Waals surface area contributed by atoms with Crippen LogP contribution in [-0.4, -0.2) is 70.3 Å². The first-order valence-corrected chi connectivity index (χ1v) is 19.5. The van der Waals surface area contributed by atoms with Gasteiger partial charge in [-0.1, -0.05) is 97.1 Å². The van der Waals surface area contributed by atoms with E-state index < -0.39 is 60.4 Å². The number of epoxide rings is 1. The summed E-state index contributed by atoms with van der Waals surface area (Å²) >= 11 is 0. The molecule has 0 spiro atoms. The average Bonchev–Trinajstić information content (AvgIpc) is 4.07. The standard InChI is InChI=1S/C46H40N8O7/c47-25-23-35(53-45(57)59-39-21-19-31-15-7-9-17-33(31)49-39)43(55)51-37(27-29-11-3-1-4-12-29)41-42(61-41)38(28-30-13-5-2-6-14-30)52-44(56)36(24-26-48)54-46(58)60-40-22-20-32-16-8-10-18-34(32)50-40/h1-22,35-38,41-42H,23-24,27-28H2,(H,51,55)(H,52,56)(H,53,57)(H,54,58)/t35-,36-,37-,38-,41-,42+/m0/s1. The first kappa shape index (κ1) is 41.3. The molecular formula is C46H40N8O7. The van der Waals surface area contributed by atoms with Gasteiger partial charge in [0.1, 0.15) is 24.3 Å². The second kappa shape index (κ2) is 19.7. The second-order valence-corrected chi connectivity index (χ2v) is 14.3. The molecule has 4 amide bonds. The Morgan fingerprint density at radius 2 is 0.934 bits per heavy atom. The van der Waals surface area contributed by atoms with Crippen molar-refractivity contribution in [2.75, 3.05) is 0 Å². The fourth-order valence-electron chi connectivity index (χ4n) is 6.93. The Bertz CT molecular complexity index is 2420. The average molecular weight is 817 g/mol. The number of carbonyl (C=O) groups excluding carboxylic acids is 4.